The molecule has 19 heavy (non-hydrogen) atoms. The van der Waals surface area contributed by atoms with Crippen molar-refractivity contribution in [2.45, 2.75) is 19.9 Å². The first-order valence-corrected chi connectivity index (χ1v) is 6.56. The SMILES string of the molecule is CC(C)N(CC(N)=O)C(=O)c1ccc(C#CCO)s1. The van der Waals surface area contributed by atoms with Gasteiger partial charge in [-0.2, -0.15) is 0 Å². The second kappa shape index (κ2) is 6.92. The quantitative estimate of drug-likeness (QED) is 0.784. The summed E-state index contributed by atoms with van der Waals surface area (Å²) in [6.45, 7) is 3.31. The maximum Gasteiger partial charge on any atom is 0.264 e. The van der Waals surface area contributed by atoms with E-state index >= 15 is 0 Å². The fourth-order valence-corrected chi connectivity index (χ4v) is 2.28. The van der Waals surface area contributed by atoms with E-state index in [4.69, 9.17) is 10.8 Å². The van der Waals surface area contributed by atoms with Crippen LogP contribution in [-0.4, -0.2) is 41.0 Å². The Morgan fingerprint density at radius 2 is 2.16 bits per heavy atom. The van der Waals surface area contributed by atoms with Gasteiger partial charge in [0.1, 0.15) is 6.61 Å². The Hall–Kier alpha value is -1.84. The first-order valence-electron chi connectivity index (χ1n) is 5.74. The third kappa shape index (κ3) is 4.39. The number of amides is 2. The zero-order valence-corrected chi connectivity index (χ0v) is 11.7. The lowest BCUT2D eigenvalue weighted by molar-refractivity contribution is -0.119. The van der Waals surface area contributed by atoms with E-state index < -0.39 is 5.91 Å². The van der Waals surface area contributed by atoms with Crippen LogP contribution in [0.4, 0.5) is 0 Å². The van der Waals surface area contributed by atoms with Crippen LogP contribution in [0.2, 0.25) is 0 Å². The van der Waals surface area contributed by atoms with E-state index in [1.165, 1.54) is 16.2 Å². The molecule has 0 fully saturated rings. The largest absolute Gasteiger partial charge is 0.384 e. The van der Waals surface area contributed by atoms with Crippen molar-refractivity contribution in [2.24, 2.45) is 5.73 Å². The molecule has 0 radical (unpaired) electrons. The number of hydrogen-bond acceptors (Lipinski definition) is 4. The van der Waals surface area contributed by atoms with Crippen LogP contribution < -0.4 is 5.73 Å². The van der Waals surface area contributed by atoms with E-state index in [0.29, 0.717) is 9.75 Å². The molecule has 0 aliphatic rings. The van der Waals surface area contributed by atoms with Gasteiger partial charge in [-0.3, -0.25) is 9.59 Å². The van der Waals surface area contributed by atoms with Gasteiger partial charge in [-0.15, -0.1) is 11.3 Å². The predicted molar refractivity (Wildman–Crippen MR) is 73.6 cm³/mol. The van der Waals surface area contributed by atoms with Gasteiger partial charge in [0.2, 0.25) is 5.91 Å². The standard InChI is InChI=1S/C13H16N2O3S/c1-9(2)15(8-12(14)17)13(18)11-6-5-10(19-11)4-3-7-16/h5-6,9,16H,7-8H2,1-2H3,(H2,14,17). The van der Waals surface area contributed by atoms with Gasteiger partial charge in [-0.1, -0.05) is 11.8 Å². The molecule has 0 bridgehead atoms. The van der Waals surface area contributed by atoms with E-state index in [0.717, 1.165) is 0 Å². The zero-order chi connectivity index (χ0) is 14.4. The predicted octanol–water partition coefficient (Wildman–Crippen LogP) is 0.428. The topological polar surface area (TPSA) is 83.6 Å². The van der Waals surface area contributed by atoms with Crippen molar-refractivity contribution in [3.05, 3.63) is 21.9 Å². The van der Waals surface area contributed by atoms with Crippen LogP contribution in [0.5, 0.6) is 0 Å². The molecule has 0 aromatic carbocycles. The second-order valence-electron chi connectivity index (χ2n) is 4.12. The molecule has 1 rings (SSSR count). The second-order valence-corrected chi connectivity index (χ2v) is 5.20. The Morgan fingerprint density at radius 3 is 2.68 bits per heavy atom. The van der Waals surface area contributed by atoms with E-state index in [1.807, 2.05) is 13.8 Å². The molecule has 1 aromatic heterocycles. The monoisotopic (exact) mass is 280 g/mol. The summed E-state index contributed by atoms with van der Waals surface area (Å²) in [5.41, 5.74) is 5.14. The van der Waals surface area contributed by atoms with Crippen LogP contribution >= 0.6 is 11.3 Å². The van der Waals surface area contributed by atoms with Gasteiger partial charge in [0.25, 0.3) is 5.91 Å². The average Bonchev–Trinajstić information content (AvgIpc) is 2.80. The van der Waals surface area contributed by atoms with Crippen LogP contribution in [0.15, 0.2) is 12.1 Å². The molecule has 0 saturated carbocycles. The summed E-state index contributed by atoms with van der Waals surface area (Å²) in [6.07, 6.45) is 0. The van der Waals surface area contributed by atoms with Gasteiger partial charge >= 0.3 is 0 Å². The molecular weight excluding hydrogens is 264 g/mol. The number of thiophene rings is 1. The number of primary amides is 1. The summed E-state index contributed by atoms with van der Waals surface area (Å²) in [6, 6.07) is 3.25. The van der Waals surface area contributed by atoms with Crippen LogP contribution in [0.25, 0.3) is 0 Å². The van der Waals surface area contributed by atoms with Crippen molar-refractivity contribution in [2.75, 3.05) is 13.2 Å². The first-order chi connectivity index (χ1) is 8.95. The van der Waals surface area contributed by atoms with E-state index in [9.17, 15) is 9.59 Å². The highest BCUT2D eigenvalue weighted by molar-refractivity contribution is 7.14. The Kier molecular flexibility index (Phi) is 5.55. The molecule has 0 unspecified atom stereocenters. The molecule has 0 aliphatic carbocycles. The van der Waals surface area contributed by atoms with Crippen molar-refractivity contribution in [1.82, 2.24) is 4.90 Å². The van der Waals surface area contributed by atoms with E-state index in [1.54, 1.807) is 12.1 Å². The van der Waals surface area contributed by atoms with E-state index in [-0.39, 0.29) is 25.1 Å². The van der Waals surface area contributed by atoms with Gasteiger partial charge in [0.15, 0.2) is 0 Å². The van der Waals surface area contributed by atoms with E-state index in [2.05, 4.69) is 11.8 Å². The third-order valence-electron chi connectivity index (χ3n) is 2.32. The molecule has 102 valence electrons. The Morgan fingerprint density at radius 1 is 1.47 bits per heavy atom. The van der Waals surface area contributed by atoms with Crippen LogP contribution in [0.1, 0.15) is 28.4 Å². The lowest BCUT2D eigenvalue weighted by Gasteiger charge is -2.24. The normalized spacial score (nSPS) is 9.89. The molecular formula is C13H16N2O3S. The number of carbonyl (C=O) groups excluding carboxylic acids is 2. The zero-order valence-electron chi connectivity index (χ0n) is 10.8. The highest BCUT2D eigenvalue weighted by Gasteiger charge is 2.21. The smallest absolute Gasteiger partial charge is 0.264 e. The minimum atomic E-state index is -0.543. The Bertz CT molecular complexity index is 525. The molecule has 1 heterocycles. The Balaban J connectivity index is 2.90. The maximum atomic E-state index is 12.2. The number of aliphatic hydroxyl groups is 1. The minimum absolute atomic E-state index is 0.105. The average molecular weight is 280 g/mol. The summed E-state index contributed by atoms with van der Waals surface area (Å²) in [4.78, 5) is 25.8. The number of nitrogens with two attached hydrogens (primary N) is 1. The van der Waals surface area contributed by atoms with Gasteiger partial charge in [0.05, 0.1) is 16.3 Å². The molecule has 5 nitrogen and oxygen atoms in total. The maximum absolute atomic E-state index is 12.2. The summed E-state index contributed by atoms with van der Waals surface area (Å²) in [7, 11) is 0. The summed E-state index contributed by atoms with van der Waals surface area (Å²) in [5.74, 6) is 4.47. The van der Waals surface area contributed by atoms with Crippen LogP contribution in [-0.2, 0) is 4.79 Å². The first kappa shape index (κ1) is 15.2. The lowest BCUT2D eigenvalue weighted by atomic mass is 10.3. The van der Waals surface area contributed by atoms with Gasteiger partial charge in [0, 0.05) is 6.04 Å². The molecule has 1 aromatic rings. The van der Waals surface area contributed by atoms with Crippen LogP contribution in [0.3, 0.4) is 0 Å². The lowest BCUT2D eigenvalue weighted by Crippen LogP contribution is -2.42. The molecule has 0 spiro atoms. The number of hydrogen-bond donors (Lipinski definition) is 2. The number of carbonyl (C=O) groups is 2. The highest BCUT2D eigenvalue weighted by atomic mass is 32.1. The fourth-order valence-electron chi connectivity index (χ4n) is 1.44. The fraction of sp³-hybridized carbons (Fsp3) is 0.385. The van der Waals surface area contributed by atoms with Gasteiger partial charge in [-0.05, 0) is 26.0 Å². The molecule has 2 amide bonds. The highest BCUT2D eigenvalue weighted by Crippen LogP contribution is 2.18. The number of rotatable bonds is 4. The van der Waals surface area contributed by atoms with Crippen LogP contribution in [0, 0.1) is 11.8 Å². The van der Waals surface area contributed by atoms with Crippen molar-refractivity contribution in [1.29, 1.82) is 0 Å². The van der Waals surface area contributed by atoms with Crippen molar-refractivity contribution < 1.29 is 14.7 Å². The van der Waals surface area contributed by atoms with Gasteiger partial charge < -0.3 is 15.7 Å². The molecule has 3 N–H and O–H groups in total. The van der Waals surface area contributed by atoms with Crippen molar-refractivity contribution in [3.63, 3.8) is 0 Å². The number of aliphatic hydroxyl groups excluding tert-OH is 1. The van der Waals surface area contributed by atoms with Crippen molar-refractivity contribution in [3.8, 4) is 11.8 Å². The third-order valence-corrected chi connectivity index (χ3v) is 3.31. The number of nitrogens with zero attached hydrogens (tertiary/aromatic N) is 1. The van der Waals surface area contributed by atoms with Gasteiger partial charge in [-0.25, -0.2) is 0 Å². The molecule has 0 aliphatic heterocycles. The summed E-state index contributed by atoms with van der Waals surface area (Å²) in [5, 5.41) is 8.61. The molecule has 0 atom stereocenters. The Labute approximate surface area is 116 Å². The molecule has 6 heteroatoms. The summed E-state index contributed by atoms with van der Waals surface area (Å²) >= 11 is 1.23. The van der Waals surface area contributed by atoms with Crippen molar-refractivity contribution >= 4 is 23.2 Å². The molecule has 0 saturated heterocycles. The summed E-state index contributed by atoms with van der Waals surface area (Å²) < 4.78 is 0. The minimum Gasteiger partial charge on any atom is -0.384 e.